The average molecular weight is 848 g/mol. The van der Waals surface area contributed by atoms with Crippen molar-refractivity contribution in [3.63, 3.8) is 0 Å². The predicted octanol–water partition coefficient (Wildman–Crippen LogP) is 16.1. The van der Waals surface area contributed by atoms with E-state index in [1.807, 2.05) is 0 Å². The first kappa shape index (κ1) is 58.6. The maximum Gasteiger partial charge on any atom is 0.305 e. The molecule has 0 aliphatic heterocycles. The SMILES string of the molecule is CCCCCCCCCCCCCCCCCCC(=O)OCCCCCC/C=C\CCCCCCCCCC(=O)NC(CO)C(O)CCCCCCCCCCCCCC. The van der Waals surface area contributed by atoms with Gasteiger partial charge in [-0.1, -0.05) is 244 Å². The van der Waals surface area contributed by atoms with Crippen molar-refractivity contribution in [2.24, 2.45) is 0 Å². The van der Waals surface area contributed by atoms with Gasteiger partial charge in [0.25, 0.3) is 0 Å². The Hall–Kier alpha value is -1.40. The van der Waals surface area contributed by atoms with Crippen LogP contribution in [0.3, 0.4) is 0 Å². The lowest BCUT2D eigenvalue weighted by Crippen LogP contribution is -2.45. The normalized spacial score (nSPS) is 12.7. The van der Waals surface area contributed by atoms with E-state index in [4.69, 9.17) is 4.74 Å². The van der Waals surface area contributed by atoms with Crippen molar-refractivity contribution in [3.8, 4) is 0 Å². The summed E-state index contributed by atoms with van der Waals surface area (Å²) in [5, 5.41) is 23.2. The molecule has 6 nitrogen and oxygen atoms in total. The fourth-order valence-corrected chi connectivity index (χ4v) is 8.40. The second kappa shape index (κ2) is 50.2. The molecule has 2 unspecified atom stereocenters. The fourth-order valence-electron chi connectivity index (χ4n) is 8.40. The van der Waals surface area contributed by atoms with Crippen LogP contribution in [-0.2, 0) is 14.3 Å². The van der Waals surface area contributed by atoms with E-state index in [9.17, 15) is 19.8 Å². The monoisotopic (exact) mass is 848 g/mol. The number of hydrogen-bond acceptors (Lipinski definition) is 5. The van der Waals surface area contributed by atoms with Crippen LogP contribution in [0.1, 0.15) is 296 Å². The van der Waals surface area contributed by atoms with Crippen molar-refractivity contribution in [1.82, 2.24) is 5.32 Å². The summed E-state index contributed by atoms with van der Waals surface area (Å²) in [6, 6.07) is -0.551. The molecule has 0 heterocycles. The van der Waals surface area contributed by atoms with E-state index >= 15 is 0 Å². The highest BCUT2D eigenvalue weighted by Crippen LogP contribution is 2.17. The number of rotatable bonds is 50. The van der Waals surface area contributed by atoms with Gasteiger partial charge in [-0.3, -0.25) is 9.59 Å². The largest absolute Gasteiger partial charge is 0.466 e. The molecule has 356 valence electrons. The molecule has 60 heavy (non-hydrogen) atoms. The van der Waals surface area contributed by atoms with E-state index in [0.29, 0.717) is 25.9 Å². The number of carbonyl (C=O) groups is 2. The van der Waals surface area contributed by atoms with Crippen LogP contribution in [0.2, 0.25) is 0 Å². The summed E-state index contributed by atoms with van der Waals surface area (Å²) in [6.45, 7) is 4.92. The standard InChI is InChI=1S/C54H105NO5/c1-3-5-7-9-11-13-15-17-18-21-24-28-32-36-40-44-48-54(59)60-49-45-41-37-33-29-25-22-19-20-23-27-31-35-39-43-47-53(58)55-51(50-56)52(57)46-42-38-34-30-26-16-14-12-10-8-6-4-2/h22,25,51-52,56-57H,3-21,23-24,26-50H2,1-2H3,(H,55,58)/b25-22-. The Morgan fingerprint density at radius 3 is 1.18 bits per heavy atom. The Kier molecular flexibility index (Phi) is 49.1. The number of nitrogens with one attached hydrogen (secondary N) is 1. The van der Waals surface area contributed by atoms with Gasteiger partial charge >= 0.3 is 5.97 Å². The second-order valence-electron chi connectivity index (χ2n) is 18.6. The molecule has 1 amide bonds. The zero-order valence-electron chi connectivity index (χ0n) is 40.5. The van der Waals surface area contributed by atoms with Gasteiger partial charge in [0.1, 0.15) is 0 Å². The lowest BCUT2D eigenvalue weighted by Gasteiger charge is -2.22. The number of aliphatic hydroxyl groups excluding tert-OH is 2. The van der Waals surface area contributed by atoms with Gasteiger partial charge in [-0.25, -0.2) is 0 Å². The van der Waals surface area contributed by atoms with Crippen molar-refractivity contribution >= 4 is 11.9 Å². The molecule has 0 saturated carbocycles. The molecule has 0 radical (unpaired) electrons. The molecule has 0 aromatic carbocycles. The maximum atomic E-state index is 12.4. The topological polar surface area (TPSA) is 95.9 Å². The van der Waals surface area contributed by atoms with Gasteiger partial charge in [0.05, 0.1) is 25.4 Å². The van der Waals surface area contributed by atoms with Gasteiger partial charge in [-0.05, 0) is 51.4 Å². The highest BCUT2D eigenvalue weighted by atomic mass is 16.5. The number of aliphatic hydroxyl groups is 2. The fraction of sp³-hybridized carbons (Fsp3) is 0.926. The number of unbranched alkanes of at least 4 members (excludes halogenated alkanes) is 37. The number of hydrogen-bond donors (Lipinski definition) is 3. The molecule has 0 spiro atoms. The van der Waals surface area contributed by atoms with Gasteiger partial charge in [-0.15, -0.1) is 0 Å². The second-order valence-corrected chi connectivity index (χ2v) is 18.6. The van der Waals surface area contributed by atoms with Crippen LogP contribution in [0.25, 0.3) is 0 Å². The number of amides is 1. The molecule has 2 atom stereocenters. The lowest BCUT2D eigenvalue weighted by molar-refractivity contribution is -0.143. The maximum absolute atomic E-state index is 12.4. The number of esters is 1. The number of carbonyl (C=O) groups excluding carboxylic acids is 2. The molecular weight excluding hydrogens is 743 g/mol. The lowest BCUT2D eigenvalue weighted by atomic mass is 10.0. The van der Waals surface area contributed by atoms with Gasteiger partial charge in [0, 0.05) is 12.8 Å². The van der Waals surface area contributed by atoms with Gasteiger partial charge in [-0.2, -0.15) is 0 Å². The molecule has 6 heteroatoms. The van der Waals surface area contributed by atoms with Crippen LogP contribution in [0.4, 0.5) is 0 Å². The van der Waals surface area contributed by atoms with Crippen LogP contribution in [-0.4, -0.2) is 47.4 Å². The zero-order chi connectivity index (χ0) is 43.7. The minimum atomic E-state index is -0.672. The third-order valence-corrected chi connectivity index (χ3v) is 12.6. The van der Waals surface area contributed by atoms with E-state index in [-0.39, 0.29) is 18.5 Å². The molecule has 0 aromatic rings. The van der Waals surface area contributed by atoms with Crippen molar-refractivity contribution in [3.05, 3.63) is 12.2 Å². The van der Waals surface area contributed by atoms with Crippen molar-refractivity contribution in [2.45, 2.75) is 309 Å². The molecule has 0 aliphatic carbocycles. The Labute approximate surface area is 374 Å². The highest BCUT2D eigenvalue weighted by molar-refractivity contribution is 5.76. The first-order valence-electron chi connectivity index (χ1n) is 26.9. The molecule has 0 aliphatic rings. The summed E-state index contributed by atoms with van der Waals surface area (Å²) in [4.78, 5) is 24.5. The number of ether oxygens (including phenoxy) is 1. The highest BCUT2D eigenvalue weighted by Gasteiger charge is 2.20. The zero-order valence-corrected chi connectivity index (χ0v) is 40.5. The van der Waals surface area contributed by atoms with Gasteiger partial charge in [0.15, 0.2) is 0 Å². The summed E-state index contributed by atoms with van der Waals surface area (Å²) < 4.78 is 5.46. The Balaban J connectivity index is 3.44. The summed E-state index contributed by atoms with van der Waals surface area (Å²) in [5.74, 6) is -0.0563. The van der Waals surface area contributed by atoms with Crippen LogP contribution in [0.5, 0.6) is 0 Å². The van der Waals surface area contributed by atoms with Crippen molar-refractivity contribution < 1.29 is 24.5 Å². The Morgan fingerprint density at radius 2 is 0.783 bits per heavy atom. The van der Waals surface area contributed by atoms with E-state index < -0.39 is 12.1 Å². The van der Waals surface area contributed by atoms with E-state index in [1.54, 1.807) is 0 Å². The quantitative estimate of drug-likeness (QED) is 0.0322. The third-order valence-electron chi connectivity index (χ3n) is 12.6. The van der Waals surface area contributed by atoms with Crippen molar-refractivity contribution in [1.29, 1.82) is 0 Å². The first-order chi connectivity index (χ1) is 29.5. The summed E-state index contributed by atoms with van der Waals surface area (Å²) in [5.41, 5.74) is 0. The molecule has 3 N–H and O–H groups in total. The summed E-state index contributed by atoms with van der Waals surface area (Å²) in [6.07, 6.45) is 57.6. The van der Waals surface area contributed by atoms with Crippen molar-refractivity contribution in [2.75, 3.05) is 13.2 Å². The molecular formula is C54H105NO5. The summed E-state index contributed by atoms with van der Waals surface area (Å²) >= 11 is 0. The summed E-state index contributed by atoms with van der Waals surface area (Å²) in [7, 11) is 0. The molecule has 0 saturated heterocycles. The first-order valence-corrected chi connectivity index (χ1v) is 26.9. The average Bonchev–Trinajstić information content (AvgIpc) is 3.25. The van der Waals surface area contributed by atoms with Crippen LogP contribution in [0.15, 0.2) is 12.2 Å². The Bertz CT molecular complexity index is 893. The number of allylic oxidation sites excluding steroid dienone is 2. The minimum Gasteiger partial charge on any atom is -0.466 e. The third kappa shape index (κ3) is 46.1. The predicted molar refractivity (Wildman–Crippen MR) is 260 cm³/mol. The molecule has 0 bridgehead atoms. The van der Waals surface area contributed by atoms with Gasteiger partial charge < -0.3 is 20.3 Å². The molecule has 0 fully saturated rings. The van der Waals surface area contributed by atoms with Crippen LogP contribution in [0, 0.1) is 0 Å². The Morgan fingerprint density at radius 1 is 0.450 bits per heavy atom. The van der Waals surface area contributed by atoms with E-state index in [2.05, 4.69) is 31.3 Å². The van der Waals surface area contributed by atoms with E-state index in [0.717, 1.165) is 70.6 Å². The van der Waals surface area contributed by atoms with Gasteiger partial charge in [0.2, 0.25) is 5.91 Å². The van der Waals surface area contributed by atoms with Crippen LogP contribution >= 0.6 is 0 Å². The van der Waals surface area contributed by atoms with E-state index in [1.165, 1.54) is 193 Å². The molecule has 0 rings (SSSR count). The van der Waals surface area contributed by atoms with Crippen LogP contribution < -0.4 is 5.32 Å². The molecule has 0 aromatic heterocycles. The minimum absolute atomic E-state index is 0.00645. The smallest absolute Gasteiger partial charge is 0.305 e.